The molecule has 1 atom stereocenters. The first-order valence-corrected chi connectivity index (χ1v) is 6.49. The van der Waals surface area contributed by atoms with Gasteiger partial charge in [-0.15, -0.1) is 0 Å². The number of hydrogen-bond donors (Lipinski definition) is 0. The molecule has 0 saturated heterocycles. The van der Waals surface area contributed by atoms with E-state index in [-0.39, 0.29) is 24.5 Å². The van der Waals surface area contributed by atoms with Gasteiger partial charge >= 0.3 is 5.97 Å². The van der Waals surface area contributed by atoms with Crippen molar-refractivity contribution in [3.8, 4) is 0 Å². The van der Waals surface area contributed by atoms with Crippen molar-refractivity contribution < 1.29 is 23.1 Å². The van der Waals surface area contributed by atoms with Crippen LogP contribution in [0.25, 0.3) is 0 Å². The van der Waals surface area contributed by atoms with Gasteiger partial charge in [0.1, 0.15) is 17.6 Å². The van der Waals surface area contributed by atoms with Crippen LogP contribution in [0.2, 0.25) is 0 Å². The Balaban J connectivity index is 2.88. The molecule has 1 unspecified atom stereocenters. The van der Waals surface area contributed by atoms with Crippen molar-refractivity contribution in [3.63, 3.8) is 0 Å². The first-order valence-electron chi connectivity index (χ1n) is 6.49. The Labute approximate surface area is 116 Å². The Morgan fingerprint density at radius 1 is 1.15 bits per heavy atom. The summed E-state index contributed by atoms with van der Waals surface area (Å²) in [5.41, 5.74) is 0.211. The molecule has 0 aliphatic heterocycles. The van der Waals surface area contributed by atoms with Crippen LogP contribution >= 0.6 is 0 Å². The highest BCUT2D eigenvalue weighted by Crippen LogP contribution is 2.18. The predicted octanol–water partition coefficient (Wildman–Crippen LogP) is 2.91. The third-order valence-electron chi connectivity index (χ3n) is 2.85. The van der Waals surface area contributed by atoms with Gasteiger partial charge in [-0.1, -0.05) is 13.8 Å². The second-order valence-electron chi connectivity index (χ2n) is 4.89. The number of carbonyl (C=O) groups is 2. The fourth-order valence-corrected chi connectivity index (χ4v) is 2.03. The number of hydrogen-bond acceptors (Lipinski definition) is 3. The van der Waals surface area contributed by atoms with Crippen molar-refractivity contribution in [1.29, 1.82) is 0 Å². The van der Waals surface area contributed by atoms with Gasteiger partial charge in [0.2, 0.25) is 0 Å². The smallest absolute Gasteiger partial charge is 0.316 e. The summed E-state index contributed by atoms with van der Waals surface area (Å²) in [4.78, 5) is 23.9. The van der Waals surface area contributed by atoms with Gasteiger partial charge in [0.05, 0.1) is 6.61 Å². The SMILES string of the molecule is CCOC(=O)C(C(=O)Cc1cc(F)cc(F)c1)C(C)C. The average molecular weight is 284 g/mol. The Kier molecular flexibility index (Phi) is 5.80. The monoisotopic (exact) mass is 284 g/mol. The minimum atomic E-state index is -0.915. The zero-order valence-electron chi connectivity index (χ0n) is 11.8. The Bertz CT molecular complexity index is 478. The van der Waals surface area contributed by atoms with E-state index >= 15 is 0 Å². The summed E-state index contributed by atoms with van der Waals surface area (Å²) >= 11 is 0. The van der Waals surface area contributed by atoms with E-state index in [0.29, 0.717) is 0 Å². The van der Waals surface area contributed by atoms with Crippen molar-refractivity contribution in [2.24, 2.45) is 11.8 Å². The van der Waals surface area contributed by atoms with E-state index in [1.165, 1.54) is 0 Å². The fraction of sp³-hybridized carbons (Fsp3) is 0.467. The van der Waals surface area contributed by atoms with Crippen LogP contribution in [0.4, 0.5) is 8.78 Å². The van der Waals surface area contributed by atoms with E-state index in [1.807, 2.05) is 0 Å². The molecule has 1 aromatic carbocycles. The predicted molar refractivity (Wildman–Crippen MR) is 70.0 cm³/mol. The van der Waals surface area contributed by atoms with Gasteiger partial charge in [-0.05, 0) is 30.5 Å². The van der Waals surface area contributed by atoms with E-state index in [9.17, 15) is 18.4 Å². The van der Waals surface area contributed by atoms with E-state index in [1.54, 1.807) is 20.8 Å². The summed E-state index contributed by atoms with van der Waals surface area (Å²) in [5.74, 6) is -3.64. The van der Waals surface area contributed by atoms with Crippen molar-refractivity contribution in [2.75, 3.05) is 6.61 Å². The Morgan fingerprint density at radius 3 is 2.15 bits per heavy atom. The molecule has 0 amide bonds. The lowest BCUT2D eigenvalue weighted by Gasteiger charge is -2.17. The van der Waals surface area contributed by atoms with Crippen LogP contribution in [0.15, 0.2) is 18.2 Å². The fourth-order valence-electron chi connectivity index (χ4n) is 2.03. The molecule has 0 spiro atoms. The Morgan fingerprint density at radius 2 is 1.70 bits per heavy atom. The second-order valence-corrected chi connectivity index (χ2v) is 4.89. The van der Waals surface area contributed by atoms with Gasteiger partial charge in [-0.3, -0.25) is 9.59 Å². The average Bonchev–Trinajstić information content (AvgIpc) is 2.26. The lowest BCUT2D eigenvalue weighted by atomic mass is 9.88. The maximum atomic E-state index is 13.1. The molecular formula is C15H18F2O3. The summed E-state index contributed by atoms with van der Waals surface area (Å²) in [6.07, 6.45) is -0.198. The number of esters is 1. The highest BCUT2D eigenvalue weighted by molar-refractivity contribution is 6.00. The molecular weight excluding hydrogens is 266 g/mol. The highest BCUT2D eigenvalue weighted by atomic mass is 19.1. The lowest BCUT2D eigenvalue weighted by molar-refractivity contribution is -0.153. The van der Waals surface area contributed by atoms with Crippen LogP contribution in [-0.4, -0.2) is 18.4 Å². The van der Waals surface area contributed by atoms with Crippen LogP contribution in [0.1, 0.15) is 26.3 Å². The third kappa shape index (κ3) is 4.40. The minimum absolute atomic E-state index is 0.184. The normalized spacial score (nSPS) is 12.3. The summed E-state index contributed by atoms with van der Waals surface area (Å²) in [7, 11) is 0. The summed E-state index contributed by atoms with van der Waals surface area (Å²) in [5, 5.41) is 0. The molecule has 1 aromatic rings. The number of Topliss-reactive ketones (excluding diaryl/α,β-unsaturated/α-hetero) is 1. The van der Waals surface area contributed by atoms with Gasteiger partial charge in [-0.25, -0.2) is 8.78 Å². The van der Waals surface area contributed by atoms with Gasteiger partial charge in [0.25, 0.3) is 0 Å². The zero-order chi connectivity index (χ0) is 15.3. The van der Waals surface area contributed by atoms with E-state index in [2.05, 4.69) is 0 Å². The van der Waals surface area contributed by atoms with Gasteiger partial charge in [0.15, 0.2) is 5.78 Å². The maximum absolute atomic E-state index is 13.1. The van der Waals surface area contributed by atoms with Crippen LogP contribution in [0.3, 0.4) is 0 Å². The van der Waals surface area contributed by atoms with Crippen LogP contribution in [-0.2, 0) is 20.7 Å². The highest BCUT2D eigenvalue weighted by Gasteiger charge is 2.30. The minimum Gasteiger partial charge on any atom is -0.465 e. The van der Waals surface area contributed by atoms with Crippen molar-refractivity contribution in [2.45, 2.75) is 27.2 Å². The molecule has 0 aliphatic rings. The first kappa shape index (κ1) is 16.3. The zero-order valence-corrected chi connectivity index (χ0v) is 11.8. The van der Waals surface area contributed by atoms with Crippen molar-refractivity contribution in [1.82, 2.24) is 0 Å². The topological polar surface area (TPSA) is 43.4 Å². The second kappa shape index (κ2) is 7.12. The molecule has 0 heterocycles. The number of benzene rings is 1. The van der Waals surface area contributed by atoms with Crippen LogP contribution in [0.5, 0.6) is 0 Å². The summed E-state index contributed by atoms with van der Waals surface area (Å²) in [6, 6.07) is 2.91. The van der Waals surface area contributed by atoms with E-state index in [4.69, 9.17) is 4.74 Å². The Hall–Kier alpha value is -1.78. The van der Waals surface area contributed by atoms with E-state index in [0.717, 1.165) is 18.2 Å². The van der Waals surface area contributed by atoms with Crippen LogP contribution in [0, 0.1) is 23.5 Å². The summed E-state index contributed by atoms with van der Waals surface area (Å²) in [6.45, 7) is 5.29. The molecule has 0 bridgehead atoms. The molecule has 1 rings (SSSR count). The molecule has 5 heteroatoms. The molecule has 0 radical (unpaired) electrons. The van der Waals surface area contributed by atoms with Crippen molar-refractivity contribution in [3.05, 3.63) is 35.4 Å². The standard InChI is InChI=1S/C15H18F2O3/c1-4-20-15(19)14(9(2)3)13(18)7-10-5-11(16)8-12(17)6-10/h5-6,8-9,14H,4,7H2,1-3H3. The molecule has 0 fully saturated rings. The maximum Gasteiger partial charge on any atom is 0.316 e. The summed E-state index contributed by atoms with van der Waals surface area (Å²) < 4.78 is 31.0. The molecule has 110 valence electrons. The number of ketones is 1. The number of carbonyl (C=O) groups excluding carboxylic acids is 2. The first-order chi connectivity index (χ1) is 9.35. The molecule has 0 N–H and O–H groups in total. The van der Waals surface area contributed by atoms with Gasteiger partial charge in [-0.2, -0.15) is 0 Å². The largest absolute Gasteiger partial charge is 0.465 e. The van der Waals surface area contributed by atoms with Crippen molar-refractivity contribution >= 4 is 11.8 Å². The number of ether oxygens (including phenoxy) is 1. The molecule has 0 aliphatic carbocycles. The quantitative estimate of drug-likeness (QED) is 0.596. The number of rotatable bonds is 6. The molecule has 0 aromatic heterocycles. The van der Waals surface area contributed by atoms with Crippen LogP contribution < -0.4 is 0 Å². The molecule has 0 saturated carbocycles. The molecule has 20 heavy (non-hydrogen) atoms. The third-order valence-corrected chi connectivity index (χ3v) is 2.85. The van der Waals surface area contributed by atoms with Gasteiger partial charge < -0.3 is 4.74 Å². The molecule has 3 nitrogen and oxygen atoms in total. The van der Waals surface area contributed by atoms with Gasteiger partial charge in [0, 0.05) is 12.5 Å². The lowest BCUT2D eigenvalue weighted by Crippen LogP contribution is -2.31. The van der Waals surface area contributed by atoms with E-state index < -0.39 is 29.3 Å². The number of halogens is 2.